The van der Waals surface area contributed by atoms with E-state index in [0.717, 1.165) is 4.47 Å². The SMILES string of the molecule is CC(O)c1ccccc1NC(=O)c1cc(Br)ccc1Cl. The third-order valence-corrected chi connectivity index (χ3v) is 3.65. The molecule has 0 saturated carbocycles. The maximum Gasteiger partial charge on any atom is 0.257 e. The highest BCUT2D eigenvalue weighted by Gasteiger charge is 2.14. The molecule has 0 fully saturated rings. The van der Waals surface area contributed by atoms with Gasteiger partial charge < -0.3 is 10.4 Å². The molecule has 0 spiro atoms. The molecule has 2 rings (SSSR count). The topological polar surface area (TPSA) is 49.3 Å². The summed E-state index contributed by atoms with van der Waals surface area (Å²) in [7, 11) is 0. The lowest BCUT2D eigenvalue weighted by molar-refractivity contribution is 0.102. The molecule has 1 atom stereocenters. The van der Waals surface area contributed by atoms with Crippen molar-refractivity contribution < 1.29 is 9.90 Å². The fourth-order valence-electron chi connectivity index (χ4n) is 1.84. The van der Waals surface area contributed by atoms with E-state index >= 15 is 0 Å². The maximum absolute atomic E-state index is 12.3. The summed E-state index contributed by atoms with van der Waals surface area (Å²) in [5, 5.41) is 12.8. The fourth-order valence-corrected chi connectivity index (χ4v) is 2.40. The van der Waals surface area contributed by atoms with E-state index in [9.17, 15) is 9.90 Å². The van der Waals surface area contributed by atoms with Gasteiger partial charge >= 0.3 is 0 Å². The first-order valence-electron chi connectivity index (χ1n) is 6.02. The van der Waals surface area contributed by atoms with Crippen molar-refractivity contribution in [3.8, 4) is 0 Å². The molecule has 0 radical (unpaired) electrons. The number of carbonyl (C=O) groups excluding carboxylic acids is 1. The molecule has 0 aliphatic rings. The van der Waals surface area contributed by atoms with Gasteiger partial charge in [0.1, 0.15) is 0 Å². The minimum absolute atomic E-state index is 0.315. The molecule has 104 valence electrons. The molecule has 2 aromatic rings. The molecular weight excluding hydrogens is 342 g/mol. The number of carbonyl (C=O) groups is 1. The van der Waals surface area contributed by atoms with Gasteiger partial charge in [-0.2, -0.15) is 0 Å². The van der Waals surface area contributed by atoms with E-state index < -0.39 is 6.10 Å². The number of rotatable bonds is 3. The lowest BCUT2D eigenvalue weighted by atomic mass is 10.1. The molecule has 2 aromatic carbocycles. The van der Waals surface area contributed by atoms with Crippen molar-refractivity contribution in [1.29, 1.82) is 0 Å². The first-order chi connectivity index (χ1) is 9.49. The van der Waals surface area contributed by atoms with Crippen molar-refractivity contribution in [2.75, 3.05) is 5.32 Å². The Hall–Kier alpha value is -1.36. The zero-order valence-corrected chi connectivity index (χ0v) is 13.1. The third kappa shape index (κ3) is 3.39. The Balaban J connectivity index is 2.31. The summed E-state index contributed by atoms with van der Waals surface area (Å²) in [6.45, 7) is 1.65. The van der Waals surface area contributed by atoms with Crippen LogP contribution in [0.2, 0.25) is 5.02 Å². The molecule has 5 heteroatoms. The van der Waals surface area contributed by atoms with Gasteiger partial charge in [-0.3, -0.25) is 4.79 Å². The van der Waals surface area contributed by atoms with Gasteiger partial charge in [-0.25, -0.2) is 0 Å². The number of nitrogens with one attached hydrogen (secondary N) is 1. The van der Waals surface area contributed by atoms with Crippen LogP contribution in [0.25, 0.3) is 0 Å². The molecule has 0 aromatic heterocycles. The molecule has 1 unspecified atom stereocenters. The van der Waals surface area contributed by atoms with Crippen molar-refractivity contribution in [3.63, 3.8) is 0 Å². The van der Waals surface area contributed by atoms with E-state index in [0.29, 0.717) is 21.8 Å². The Morgan fingerprint density at radius 2 is 2.00 bits per heavy atom. The zero-order chi connectivity index (χ0) is 14.7. The molecule has 3 nitrogen and oxygen atoms in total. The van der Waals surface area contributed by atoms with Gasteiger partial charge in [-0.05, 0) is 31.2 Å². The Morgan fingerprint density at radius 1 is 1.30 bits per heavy atom. The number of amides is 1. The van der Waals surface area contributed by atoms with E-state index in [2.05, 4.69) is 21.2 Å². The minimum Gasteiger partial charge on any atom is -0.389 e. The number of halogens is 2. The molecule has 0 bridgehead atoms. The average Bonchev–Trinajstić information content (AvgIpc) is 2.41. The van der Waals surface area contributed by atoms with Gasteiger partial charge in [0.05, 0.1) is 16.7 Å². The number of hydrogen-bond donors (Lipinski definition) is 2. The summed E-state index contributed by atoms with van der Waals surface area (Å²) in [5.74, 6) is -0.315. The Kier molecular flexibility index (Phi) is 4.81. The number of hydrogen-bond acceptors (Lipinski definition) is 2. The van der Waals surface area contributed by atoms with Crippen LogP contribution in [0, 0.1) is 0 Å². The van der Waals surface area contributed by atoms with Crippen LogP contribution in [0.4, 0.5) is 5.69 Å². The summed E-state index contributed by atoms with van der Waals surface area (Å²) in [4.78, 5) is 12.3. The lowest BCUT2D eigenvalue weighted by Crippen LogP contribution is -2.14. The van der Waals surface area contributed by atoms with Crippen LogP contribution in [0.1, 0.15) is 28.9 Å². The highest BCUT2D eigenvalue weighted by molar-refractivity contribution is 9.10. The molecule has 0 heterocycles. The summed E-state index contributed by atoms with van der Waals surface area (Å²) >= 11 is 9.34. The van der Waals surface area contributed by atoms with Crippen LogP contribution in [0.3, 0.4) is 0 Å². The maximum atomic E-state index is 12.3. The molecule has 2 N–H and O–H groups in total. The van der Waals surface area contributed by atoms with E-state index in [-0.39, 0.29) is 5.91 Å². The van der Waals surface area contributed by atoms with Crippen LogP contribution in [-0.4, -0.2) is 11.0 Å². The predicted octanol–water partition coefficient (Wildman–Crippen LogP) is 4.41. The van der Waals surface area contributed by atoms with Crippen molar-refractivity contribution in [1.82, 2.24) is 0 Å². The van der Waals surface area contributed by atoms with Crippen LogP contribution in [-0.2, 0) is 0 Å². The van der Waals surface area contributed by atoms with Gasteiger partial charge in [-0.15, -0.1) is 0 Å². The molecule has 20 heavy (non-hydrogen) atoms. The quantitative estimate of drug-likeness (QED) is 0.858. The average molecular weight is 355 g/mol. The summed E-state index contributed by atoms with van der Waals surface area (Å²) < 4.78 is 0.774. The summed E-state index contributed by atoms with van der Waals surface area (Å²) in [6, 6.07) is 12.2. The van der Waals surface area contributed by atoms with Gasteiger partial charge in [0, 0.05) is 15.7 Å². The fraction of sp³-hybridized carbons (Fsp3) is 0.133. The number of para-hydroxylation sites is 1. The number of benzene rings is 2. The number of aliphatic hydroxyl groups is 1. The van der Waals surface area contributed by atoms with Crippen molar-refractivity contribution >= 4 is 39.1 Å². The predicted molar refractivity (Wildman–Crippen MR) is 84.2 cm³/mol. The Labute approximate surface area is 130 Å². The minimum atomic E-state index is -0.663. The molecule has 1 amide bonds. The van der Waals surface area contributed by atoms with E-state index in [1.54, 1.807) is 43.3 Å². The standard InChI is InChI=1S/C15H13BrClNO2/c1-9(19)11-4-2-3-5-14(11)18-15(20)12-8-10(16)6-7-13(12)17/h2-9,19H,1H3,(H,18,20). The smallest absolute Gasteiger partial charge is 0.257 e. The van der Waals surface area contributed by atoms with Gasteiger partial charge in [0.15, 0.2) is 0 Å². The molecule has 0 aliphatic carbocycles. The van der Waals surface area contributed by atoms with E-state index in [1.165, 1.54) is 0 Å². The monoisotopic (exact) mass is 353 g/mol. The van der Waals surface area contributed by atoms with Crippen LogP contribution < -0.4 is 5.32 Å². The molecule has 0 aliphatic heterocycles. The first kappa shape index (κ1) is 15.0. The van der Waals surface area contributed by atoms with Gasteiger partial charge in [0.2, 0.25) is 0 Å². The van der Waals surface area contributed by atoms with Crippen molar-refractivity contribution in [2.45, 2.75) is 13.0 Å². The number of anilines is 1. The second-order valence-electron chi connectivity index (χ2n) is 4.34. The molecule has 0 saturated heterocycles. The van der Waals surface area contributed by atoms with E-state index in [1.807, 2.05) is 6.07 Å². The van der Waals surface area contributed by atoms with Crippen LogP contribution in [0.5, 0.6) is 0 Å². The second-order valence-corrected chi connectivity index (χ2v) is 5.66. The van der Waals surface area contributed by atoms with Crippen LogP contribution in [0.15, 0.2) is 46.9 Å². The number of aliphatic hydroxyl groups excluding tert-OH is 1. The van der Waals surface area contributed by atoms with Crippen molar-refractivity contribution in [2.24, 2.45) is 0 Å². The zero-order valence-electron chi connectivity index (χ0n) is 10.7. The Bertz CT molecular complexity index is 644. The second kappa shape index (κ2) is 6.39. The normalized spacial score (nSPS) is 12.0. The highest BCUT2D eigenvalue weighted by atomic mass is 79.9. The largest absolute Gasteiger partial charge is 0.389 e. The van der Waals surface area contributed by atoms with E-state index in [4.69, 9.17) is 11.6 Å². The summed E-state index contributed by atoms with van der Waals surface area (Å²) in [5.41, 5.74) is 1.61. The molecular formula is C15H13BrClNO2. The van der Waals surface area contributed by atoms with Gasteiger partial charge in [-0.1, -0.05) is 45.7 Å². The first-order valence-corrected chi connectivity index (χ1v) is 7.19. The highest BCUT2D eigenvalue weighted by Crippen LogP contribution is 2.25. The third-order valence-electron chi connectivity index (χ3n) is 2.83. The van der Waals surface area contributed by atoms with Crippen LogP contribution >= 0.6 is 27.5 Å². The van der Waals surface area contributed by atoms with Crippen molar-refractivity contribution in [3.05, 3.63) is 63.1 Å². The van der Waals surface area contributed by atoms with Gasteiger partial charge in [0.25, 0.3) is 5.91 Å². The summed E-state index contributed by atoms with van der Waals surface area (Å²) in [6.07, 6.45) is -0.663. The lowest BCUT2D eigenvalue weighted by Gasteiger charge is -2.13. The Morgan fingerprint density at radius 3 is 2.70 bits per heavy atom.